The number of carbonyl (C=O) groups is 1. The molecule has 0 bridgehead atoms. The zero-order valence-electron chi connectivity index (χ0n) is 17.5. The minimum absolute atomic E-state index is 0.119. The summed E-state index contributed by atoms with van der Waals surface area (Å²) in [5.41, 5.74) is 3.13. The molecule has 4 aromatic rings. The quantitative estimate of drug-likeness (QED) is 0.481. The molecule has 1 N–H and O–H groups in total. The third-order valence-corrected chi connectivity index (χ3v) is 7.81. The molecule has 3 heterocycles. The molecule has 2 aromatic carbocycles. The van der Waals surface area contributed by atoms with E-state index in [2.05, 4.69) is 15.2 Å². The molecule has 8 nitrogen and oxygen atoms in total. The van der Waals surface area contributed by atoms with E-state index in [4.69, 9.17) is 11.6 Å². The number of carbonyl (C=O) groups excluding carboxylic acids is 1. The summed E-state index contributed by atoms with van der Waals surface area (Å²) in [4.78, 5) is 17.6. The standard InChI is InChI=1S/C23H20ClN5O3S/c24-20-5-6-21-19(13-20)14-22(27-21)33(31,32)29-11-9-28(10-12-29)23(30)17-3-1-16(2-4-17)18-7-8-25-26-15-18/h1-8,13-15,27H,9-12H2. The van der Waals surface area contributed by atoms with E-state index in [-0.39, 0.29) is 24.0 Å². The van der Waals surface area contributed by atoms with Gasteiger partial charge in [0, 0.05) is 53.2 Å². The molecule has 1 saturated heterocycles. The maximum Gasteiger partial charge on any atom is 0.258 e. The highest BCUT2D eigenvalue weighted by molar-refractivity contribution is 7.89. The fourth-order valence-corrected chi connectivity index (χ4v) is 5.55. The summed E-state index contributed by atoms with van der Waals surface area (Å²) in [6.07, 6.45) is 3.28. The molecule has 0 aliphatic carbocycles. The van der Waals surface area contributed by atoms with Gasteiger partial charge in [0.05, 0.1) is 12.4 Å². The van der Waals surface area contributed by atoms with Gasteiger partial charge in [-0.3, -0.25) is 4.79 Å². The number of halogens is 1. The lowest BCUT2D eigenvalue weighted by atomic mass is 10.1. The van der Waals surface area contributed by atoms with Crippen LogP contribution in [-0.2, 0) is 10.0 Å². The third kappa shape index (κ3) is 4.22. The Kier molecular flexibility index (Phi) is 5.61. The Morgan fingerprint density at radius 2 is 1.67 bits per heavy atom. The van der Waals surface area contributed by atoms with Gasteiger partial charge in [0.25, 0.3) is 15.9 Å². The minimum atomic E-state index is -3.70. The number of fused-ring (bicyclic) bond motifs is 1. The first-order valence-corrected chi connectivity index (χ1v) is 12.2. The van der Waals surface area contributed by atoms with Gasteiger partial charge >= 0.3 is 0 Å². The van der Waals surface area contributed by atoms with Gasteiger partial charge < -0.3 is 9.88 Å². The van der Waals surface area contributed by atoms with Crippen molar-refractivity contribution in [2.24, 2.45) is 0 Å². The highest BCUT2D eigenvalue weighted by Crippen LogP contribution is 2.25. The lowest BCUT2D eigenvalue weighted by Crippen LogP contribution is -2.50. The SMILES string of the molecule is O=C(c1ccc(-c2ccnnc2)cc1)N1CCN(S(=O)(=O)c2cc3cc(Cl)ccc3[nH]2)CC1. The Morgan fingerprint density at radius 3 is 2.36 bits per heavy atom. The lowest BCUT2D eigenvalue weighted by Gasteiger charge is -2.33. The number of benzene rings is 2. The molecule has 1 fully saturated rings. The predicted octanol–water partition coefficient (Wildman–Crippen LogP) is 3.43. The Morgan fingerprint density at radius 1 is 0.909 bits per heavy atom. The van der Waals surface area contributed by atoms with Crippen molar-refractivity contribution in [2.45, 2.75) is 5.03 Å². The normalized spacial score (nSPS) is 15.1. The van der Waals surface area contributed by atoms with E-state index in [0.29, 0.717) is 29.2 Å². The molecule has 5 rings (SSSR count). The predicted molar refractivity (Wildman–Crippen MR) is 125 cm³/mol. The second-order valence-electron chi connectivity index (χ2n) is 7.77. The summed E-state index contributed by atoms with van der Waals surface area (Å²) in [7, 11) is -3.70. The average Bonchev–Trinajstić information content (AvgIpc) is 3.28. The van der Waals surface area contributed by atoms with Crippen LogP contribution in [0.4, 0.5) is 0 Å². The molecule has 1 aliphatic rings. The van der Waals surface area contributed by atoms with E-state index >= 15 is 0 Å². The smallest absolute Gasteiger partial charge is 0.258 e. The maximum absolute atomic E-state index is 13.1. The molecule has 168 valence electrons. The summed E-state index contributed by atoms with van der Waals surface area (Å²) in [5.74, 6) is -0.119. The number of rotatable bonds is 4. The third-order valence-electron chi connectivity index (χ3n) is 5.75. The zero-order valence-corrected chi connectivity index (χ0v) is 19.1. The molecular weight excluding hydrogens is 462 g/mol. The molecule has 0 atom stereocenters. The van der Waals surface area contributed by atoms with E-state index in [0.717, 1.165) is 16.5 Å². The van der Waals surface area contributed by atoms with Gasteiger partial charge in [0.1, 0.15) is 5.03 Å². The van der Waals surface area contributed by atoms with Crippen LogP contribution in [0.2, 0.25) is 5.02 Å². The molecule has 1 amide bonds. The number of nitrogens with one attached hydrogen (secondary N) is 1. The maximum atomic E-state index is 13.1. The molecule has 0 radical (unpaired) electrons. The number of nitrogens with zero attached hydrogens (tertiary/aromatic N) is 4. The molecule has 1 aliphatic heterocycles. The van der Waals surface area contributed by atoms with Crippen LogP contribution in [0.15, 0.2) is 72.0 Å². The molecule has 10 heteroatoms. The van der Waals surface area contributed by atoms with E-state index in [1.54, 1.807) is 53.7 Å². The second kappa shape index (κ2) is 8.58. The van der Waals surface area contributed by atoms with Crippen molar-refractivity contribution in [2.75, 3.05) is 26.2 Å². The summed E-state index contributed by atoms with van der Waals surface area (Å²) < 4.78 is 27.6. The van der Waals surface area contributed by atoms with E-state index in [9.17, 15) is 13.2 Å². The van der Waals surface area contributed by atoms with Crippen molar-refractivity contribution >= 4 is 38.4 Å². The van der Waals surface area contributed by atoms with Crippen LogP contribution >= 0.6 is 11.6 Å². The number of aromatic amines is 1. The van der Waals surface area contributed by atoms with E-state index < -0.39 is 10.0 Å². The monoisotopic (exact) mass is 481 g/mol. The first-order valence-electron chi connectivity index (χ1n) is 10.4. The van der Waals surface area contributed by atoms with Gasteiger partial charge in [-0.2, -0.15) is 14.5 Å². The highest BCUT2D eigenvalue weighted by atomic mass is 35.5. The van der Waals surface area contributed by atoms with E-state index in [1.807, 2.05) is 18.2 Å². The van der Waals surface area contributed by atoms with Gasteiger partial charge in [-0.25, -0.2) is 8.42 Å². The van der Waals surface area contributed by atoms with Crippen molar-refractivity contribution < 1.29 is 13.2 Å². The van der Waals surface area contributed by atoms with Crippen LogP contribution in [0.3, 0.4) is 0 Å². The van der Waals surface area contributed by atoms with Gasteiger partial charge in [-0.15, -0.1) is 0 Å². The second-order valence-corrected chi connectivity index (χ2v) is 10.1. The molecule has 0 unspecified atom stereocenters. The Balaban J connectivity index is 1.26. The van der Waals surface area contributed by atoms with E-state index in [1.165, 1.54) is 4.31 Å². The summed E-state index contributed by atoms with van der Waals surface area (Å²) >= 11 is 6.01. The molecule has 2 aromatic heterocycles. The first kappa shape index (κ1) is 21.6. The number of aromatic nitrogens is 3. The van der Waals surface area contributed by atoms with Gasteiger partial charge in [-0.05, 0) is 48.0 Å². The van der Waals surface area contributed by atoms with Crippen molar-refractivity contribution in [3.05, 3.63) is 77.6 Å². The molecule has 0 saturated carbocycles. The lowest BCUT2D eigenvalue weighted by molar-refractivity contribution is 0.0698. The largest absolute Gasteiger partial charge is 0.345 e. The minimum Gasteiger partial charge on any atom is -0.345 e. The first-order chi connectivity index (χ1) is 15.9. The zero-order chi connectivity index (χ0) is 23.0. The van der Waals surface area contributed by atoms with Crippen LogP contribution in [0.5, 0.6) is 0 Å². The van der Waals surface area contributed by atoms with Gasteiger partial charge in [0.2, 0.25) is 0 Å². The van der Waals surface area contributed by atoms with Crippen LogP contribution in [-0.4, -0.2) is 64.9 Å². The summed E-state index contributed by atoms with van der Waals surface area (Å²) in [5, 5.41) is 9.05. The van der Waals surface area contributed by atoms with Crippen molar-refractivity contribution in [1.29, 1.82) is 0 Å². The summed E-state index contributed by atoms with van der Waals surface area (Å²) in [6, 6.07) is 15.9. The fraction of sp³-hybridized carbons (Fsp3) is 0.174. The van der Waals surface area contributed by atoms with Crippen LogP contribution in [0.1, 0.15) is 10.4 Å². The van der Waals surface area contributed by atoms with Crippen molar-refractivity contribution in [3.8, 4) is 11.1 Å². The molecular formula is C23H20ClN5O3S. The van der Waals surface area contributed by atoms with Crippen LogP contribution < -0.4 is 0 Å². The fourth-order valence-electron chi connectivity index (χ4n) is 3.94. The van der Waals surface area contributed by atoms with Crippen LogP contribution in [0.25, 0.3) is 22.0 Å². The summed E-state index contributed by atoms with van der Waals surface area (Å²) in [6.45, 7) is 1.09. The number of piperazine rings is 1. The Hall–Kier alpha value is -3.27. The molecule has 0 spiro atoms. The number of amides is 1. The average molecular weight is 482 g/mol. The Bertz CT molecular complexity index is 1410. The number of sulfonamides is 1. The number of hydrogen-bond acceptors (Lipinski definition) is 5. The Labute approximate surface area is 195 Å². The van der Waals surface area contributed by atoms with Crippen LogP contribution in [0, 0.1) is 0 Å². The van der Waals surface area contributed by atoms with Gasteiger partial charge in [-0.1, -0.05) is 23.7 Å². The van der Waals surface area contributed by atoms with Crippen molar-refractivity contribution in [1.82, 2.24) is 24.4 Å². The van der Waals surface area contributed by atoms with Crippen molar-refractivity contribution in [3.63, 3.8) is 0 Å². The number of hydrogen-bond donors (Lipinski definition) is 1. The topological polar surface area (TPSA) is 99.3 Å². The number of H-pyrrole nitrogens is 1. The highest BCUT2D eigenvalue weighted by Gasteiger charge is 2.31. The molecule has 33 heavy (non-hydrogen) atoms. The van der Waals surface area contributed by atoms with Gasteiger partial charge in [0.15, 0.2) is 0 Å².